The van der Waals surface area contributed by atoms with Crippen molar-refractivity contribution < 1.29 is 29.8 Å². The van der Waals surface area contributed by atoms with Crippen LogP contribution in [0.1, 0.15) is 0 Å². The fourth-order valence-corrected chi connectivity index (χ4v) is 1.95. The van der Waals surface area contributed by atoms with E-state index in [1.54, 1.807) is 0 Å². The molecular weight excluding hydrogens is 432 g/mol. The smallest absolute Gasteiger partial charge is 0.373 e. The summed E-state index contributed by atoms with van der Waals surface area (Å²) in [5.41, 5.74) is 4.87. The van der Waals surface area contributed by atoms with Crippen LogP contribution < -0.4 is 0 Å². The van der Waals surface area contributed by atoms with Crippen LogP contribution >= 0.6 is 0 Å². The van der Waals surface area contributed by atoms with E-state index in [1.165, 1.54) is 0 Å². The third-order valence-electron chi connectivity index (χ3n) is 2.84. The molecular formula is C6N12O12-2. The summed E-state index contributed by atoms with van der Waals surface area (Å²) in [6, 6.07) is 0. The zero-order valence-electron chi connectivity index (χ0n) is 13.3. The number of nitro groups is 6. The van der Waals surface area contributed by atoms with Crippen molar-refractivity contribution in [3.8, 4) is 11.6 Å². The third kappa shape index (κ3) is 3.47. The van der Waals surface area contributed by atoms with Crippen molar-refractivity contribution in [1.29, 1.82) is 0 Å². The summed E-state index contributed by atoms with van der Waals surface area (Å²) < 4.78 is -0.917. The van der Waals surface area contributed by atoms with Crippen molar-refractivity contribution in [2.45, 2.75) is 0 Å². The first-order valence-electron chi connectivity index (χ1n) is 6.42. The second-order valence-corrected chi connectivity index (χ2v) is 4.47. The van der Waals surface area contributed by atoms with Crippen LogP contribution in [-0.2, 0) is 0 Å². The van der Waals surface area contributed by atoms with E-state index in [0.29, 0.717) is 0 Å². The second kappa shape index (κ2) is 7.21. The number of nitrogens with zero attached hydrogens (tertiary/aromatic N) is 12. The Bertz CT molecular complexity index is 1040. The van der Waals surface area contributed by atoms with Crippen LogP contribution in [0.2, 0.25) is 0 Å². The van der Waals surface area contributed by atoms with E-state index >= 15 is 0 Å². The SMILES string of the molecule is O=[N+]([O-])[N-]n1c(-c2nc([N+](=O)[O-])c([N+](=O)[O-])n2[N-][N+](=O)[O-])nc([N+](=O)[O-])c1[N+](=O)[O-]. The van der Waals surface area contributed by atoms with Gasteiger partial charge in [0, 0.05) is 9.97 Å². The van der Waals surface area contributed by atoms with Crippen LogP contribution in [0.4, 0.5) is 23.3 Å². The molecule has 24 heteroatoms. The minimum Gasteiger partial charge on any atom is -0.373 e. The molecule has 30 heavy (non-hydrogen) atoms. The Hall–Kier alpha value is -5.58. The van der Waals surface area contributed by atoms with Gasteiger partial charge in [-0.3, -0.25) is 11.1 Å². The number of hydrogen-bond acceptors (Lipinski definition) is 14. The van der Waals surface area contributed by atoms with Gasteiger partial charge in [-0.05, 0) is 19.7 Å². The number of rotatable bonds is 9. The molecule has 0 atom stereocenters. The molecule has 0 saturated carbocycles. The lowest BCUT2D eigenvalue weighted by Crippen LogP contribution is -2.10. The first-order chi connectivity index (χ1) is 13.9. The molecule has 0 aliphatic rings. The van der Waals surface area contributed by atoms with E-state index < -0.39 is 74.0 Å². The van der Waals surface area contributed by atoms with Crippen molar-refractivity contribution in [3.05, 3.63) is 71.8 Å². The highest BCUT2D eigenvalue weighted by Crippen LogP contribution is 2.38. The molecule has 24 nitrogen and oxygen atoms in total. The lowest BCUT2D eigenvalue weighted by atomic mass is 10.6. The van der Waals surface area contributed by atoms with Gasteiger partial charge in [-0.25, -0.2) is 0 Å². The predicted molar refractivity (Wildman–Crippen MR) is 81.6 cm³/mol. The van der Waals surface area contributed by atoms with E-state index in [1.807, 2.05) is 0 Å². The number of imidazole rings is 2. The Balaban J connectivity index is 3.02. The summed E-state index contributed by atoms with van der Waals surface area (Å²) in [5, 5.41) is 62.4. The molecule has 0 N–H and O–H groups in total. The van der Waals surface area contributed by atoms with E-state index in [2.05, 4.69) is 21.0 Å². The van der Waals surface area contributed by atoms with E-state index in [9.17, 15) is 60.7 Å². The van der Waals surface area contributed by atoms with Gasteiger partial charge in [-0.15, -0.1) is 10.1 Å². The van der Waals surface area contributed by atoms with Gasteiger partial charge < -0.3 is 60.7 Å². The Morgan fingerprint density at radius 1 is 0.567 bits per heavy atom. The maximum absolute atomic E-state index is 11.1. The minimum absolute atomic E-state index is 0.458. The monoisotopic (exact) mass is 432 g/mol. The molecule has 0 fully saturated rings. The minimum atomic E-state index is -1.76. The van der Waals surface area contributed by atoms with Crippen LogP contribution in [0.3, 0.4) is 0 Å². The number of aromatic nitrogens is 4. The summed E-state index contributed by atoms with van der Waals surface area (Å²) in [7, 11) is 0. The van der Waals surface area contributed by atoms with Gasteiger partial charge in [0.05, 0.1) is 0 Å². The largest absolute Gasteiger partial charge is 0.462 e. The average Bonchev–Trinajstić information content (AvgIpc) is 3.12. The zero-order chi connectivity index (χ0) is 22.9. The highest BCUT2D eigenvalue weighted by Gasteiger charge is 2.46. The first kappa shape index (κ1) is 20.7. The molecule has 0 bridgehead atoms. The molecule has 2 heterocycles. The second-order valence-electron chi connectivity index (χ2n) is 4.47. The molecule has 0 saturated heterocycles. The van der Waals surface area contributed by atoms with Crippen molar-refractivity contribution in [2.24, 2.45) is 0 Å². The van der Waals surface area contributed by atoms with Crippen LogP contribution in [0, 0.1) is 60.7 Å². The molecule has 0 aliphatic heterocycles. The molecule has 0 aliphatic carbocycles. The number of hydrogen-bond donors (Lipinski definition) is 0. The summed E-state index contributed by atoms with van der Waals surface area (Å²) >= 11 is 0. The maximum Gasteiger partial charge on any atom is 0.462 e. The lowest BCUT2D eigenvalue weighted by Gasteiger charge is -2.14. The molecule has 0 radical (unpaired) electrons. The van der Waals surface area contributed by atoms with Gasteiger partial charge in [0.25, 0.3) is 0 Å². The molecule has 2 aromatic rings. The molecule has 0 spiro atoms. The lowest BCUT2D eigenvalue weighted by molar-refractivity contribution is -0.447. The van der Waals surface area contributed by atoms with E-state index in [-0.39, 0.29) is 0 Å². The quantitative estimate of drug-likeness (QED) is 0.373. The van der Waals surface area contributed by atoms with Crippen LogP contribution in [0.15, 0.2) is 0 Å². The van der Waals surface area contributed by atoms with Crippen molar-refractivity contribution in [3.63, 3.8) is 0 Å². The van der Waals surface area contributed by atoms with E-state index in [4.69, 9.17) is 0 Å². The molecule has 0 unspecified atom stereocenters. The fraction of sp³-hybridized carbons (Fsp3) is 0. The average molecular weight is 432 g/mol. The summed E-state index contributed by atoms with van der Waals surface area (Å²) in [6.07, 6.45) is 0. The van der Waals surface area contributed by atoms with Crippen LogP contribution in [-0.4, -0.2) is 49.1 Å². The Kier molecular flexibility index (Phi) is 4.98. The van der Waals surface area contributed by atoms with Gasteiger partial charge in [0.15, 0.2) is 0 Å². The van der Waals surface area contributed by atoms with Gasteiger partial charge in [0.2, 0.25) is 0 Å². The van der Waals surface area contributed by atoms with E-state index in [0.717, 1.165) is 0 Å². The Morgan fingerprint density at radius 2 is 0.867 bits per heavy atom. The highest BCUT2D eigenvalue weighted by molar-refractivity contribution is 5.63. The summed E-state index contributed by atoms with van der Waals surface area (Å²) in [6.45, 7) is 0. The van der Waals surface area contributed by atoms with Gasteiger partial charge >= 0.3 is 34.9 Å². The van der Waals surface area contributed by atoms with Crippen LogP contribution in [0.5, 0.6) is 0 Å². The molecule has 2 aromatic heterocycles. The van der Waals surface area contributed by atoms with Gasteiger partial charge in [-0.2, -0.15) is 9.35 Å². The maximum atomic E-state index is 11.1. The summed E-state index contributed by atoms with van der Waals surface area (Å²) in [4.78, 5) is 65.5. The Morgan fingerprint density at radius 3 is 1.07 bits per heavy atom. The molecule has 158 valence electrons. The highest BCUT2D eigenvalue weighted by atomic mass is 16.7. The first-order valence-corrected chi connectivity index (χ1v) is 6.42. The van der Waals surface area contributed by atoms with Gasteiger partial charge in [-0.1, -0.05) is 0 Å². The zero-order valence-corrected chi connectivity index (χ0v) is 13.3. The van der Waals surface area contributed by atoms with Gasteiger partial charge in [0.1, 0.15) is 0 Å². The predicted octanol–water partition coefficient (Wildman–Crippen LogP) is 0.0364. The Labute approximate surface area is 157 Å². The van der Waals surface area contributed by atoms with Crippen molar-refractivity contribution in [2.75, 3.05) is 0 Å². The molecule has 2 rings (SSSR count). The molecule has 0 aromatic carbocycles. The van der Waals surface area contributed by atoms with Crippen molar-refractivity contribution in [1.82, 2.24) is 19.3 Å². The third-order valence-corrected chi connectivity index (χ3v) is 2.84. The summed E-state index contributed by atoms with van der Waals surface area (Å²) in [5.74, 6) is -9.78. The van der Waals surface area contributed by atoms with Crippen molar-refractivity contribution >= 4 is 23.3 Å². The molecule has 0 amide bonds. The normalized spacial score (nSPS) is 10.3. The standard InChI is InChI=1S/C6N12O12/c19-13(20)3-5(15(23)24)11(9-17(27)28)1(7-3)2-8-4(14(21)22)6(16(25)26)12(2)10-18(29)30/q-2. The van der Waals surface area contributed by atoms with Crippen LogP contribution in [0.25, 0.3) is 22.7 Å². The topological polar surface area (TPSA) is 323 Å². The fourth-order valence-electron chi connectivity index (χ4n) is 1.95.